The molecule has 0 aliphatic heterocycles. The van der Waals surface area contributed by atoms with Crippen molar-refractivity contribution in [1.82, 2.24) is 25.0 Å². The van der Waals surface area contributed by atoms with E-state index in [-0.39, 0.29) is 5.56 Å². The standard InChI is InChI=1S/C18H15N5O/c1-2-12-7-9-13(10-8-12)23-11-16(21-22-23)17-19-15-6-4-3-5-14(15)18(24)20-17/h3-11H,2H2,1H3,(H,19,20,24). The molecule has 0 aliphatic rings. The molecule has 0 spiro atoms. The molecule has 4 rings (SSSR count). The minimum absolute atomic E-state index is 0.183. The summed E-state index contributed by atoms with van der Waals surface area (Å²) in [5.41, 5.74) is 3.15. The van der Waals surface area contributed by atoms with E-state index in [4.69, 9.17) is 0 Å². The smallest absolute Gasteiger partial charge is 0.259 e. The number of nitrogens with zero attached hydrogens (tertiary/aromatic N) is 4. The molecule has 6 heteroatoms. The van der Waals surface area contributed by atoms with Gasteiger partial charge in [0.15, 0.2) is 5.82 Å². The van der Waals surface area contributed by atoms with Crippen LogP contribution in [0, 0.1) is 0 Å². The van der Waals surface area contributed by atoms with Crippen molar-refractivity contribution in [1.29, 1.82) is 0 Å². The van der Waals surface area contributed by atoms with Crippen molar-refractivity contribution in [2.45, 2.75) is 13.3 Å². The molecule has 0 amide bonds. The highest BCUT2D eigenvalue weighted by molar-refractivity contribution is 5.78. The zero-order valence-corrected chi connectivity index (χ0v) is 13.1. The van der Waals surface area contributed by atoms with Gasteiger partial charge in [-0.25, -0.2) is 9.67 Å². The maximum absolute atomic E-state index is 12.2. The molecule has 2 aromatic carbocycles. The van der Waals surface area contributed by atoms with Crippen LogP contribution in [0.1, 0.15) is 12.5 Å². The Labute approximate surface area is 137 Å². The van der Waals surface area contributed by atoms with Crippen LogP contribution in [0.5, 0.6) is 0 Å². The predicted molar refractivity (Wildman–Crippen MR) is 92.1 cm³/mol. The summed E-state index contributed by atoms with van der Waals surface area (Å²) in [5.74, 6) is 0.412. The Balaban J connectivity index is 1.75. The van der Waals surface area contributed by atoms with E-state index < -0.39 is 0 Å². The number of nitrogens with one attached hydrogen (secondary N) is 1. The van der Waals surface area contributed by atoms with E-state index in [9.17, 15) is 4.79 Å². The Morgan fingerprint density at radius 3 is 2.67 bits per heavy atom. The predicted octanol–water partition coefficient (Wildman–Crippen LogP) is 2.73. The van der Waals surface area contributed by atoms with Gasteiger partial charge >= 0.3 is 0 Å². The van der Waals surface area contributed by atoms with Gasteiger partial charge in [-0.05, 0) is 36.2 Å². The minimum Gasteiger partial charge on any atom is -0.305 e. The second kappa shape index (κ2) is 5.73. The van der Waals surface area contributed by atoms with E-state index in [2.05, 4.69) is 39.3 Å². The average Bonchev–Trinajstić information content (AvgIpc) is 3.12. The highest BCUT2D eigenvalue weighted by atomic mass is 16.1. The van der Waals surface area contributed by atoms with Crippen molar-refractivity contribution in [3.05, 3.63) is 70.6 Å². The van der Waals surface area contributed by atoms with Crippen LogP contribution in [0.25, 0.3) is 28.1 Å². The summed E-state index contributed by atoms with van der Waals surface area (Å²) in [4.78, 5) is 19.4. The van der Waals surface area contributed by atoms with E-state index in [1.54, 1.807) is 16.9 Å². The molecule has 2 heterocycles. The minimum atomic E-state index is -0.183. The lowest BCUT2D eigenvalue weighted by Crippen LogP contribution is -2.09. The second-order valence-corrected chi connectivity index (χ2v) is 5.50. The number of fused-ring (bicyclic) bond motifs is 1. The van der Waals surface area contributed by atoms with Crippen LogP contribution in [0.15, 0.2) is 59.5 Å². The highest BCUT2D eigenvalue weighted by Crippen LogP contribution is 2.16. The van der Waals surface area contributed by atoms with Gasteiger partial charge in [-0.2, -0.15) is 0 Å². The van der Waals surface area contributed by atoms with Crippen molar-refractivity contribution in [3.8, 4) is 17.2 Å². The summed E-state index contributed by atoms with van der Waals surface area (Å²) in [5, 5.41) is 8.83. The number of aromatic nitrogens is 5. The number of aromatic amines is 1. The molecule has 0 fully saturated rings. The molecule has 0 bridgehead atoms. The Morgan fingerprint density at radius 2 is 1.88 bits per heavy atom. The lowest BCUT2D eigenvalue weighted by molar-refractivity contribution is 0.803. The third-order valence-corrected chi connectivity index (χ3v) is 3.96. The van der Waals surface area contributed by atoms with Gasteiger partial charge in [0.1, 0.15) is 5.69 Å². The zero-order chi connectivity index (χ0) is 16.5. The summed E-state index contributed by atoms with van der Waals surface area (Å²) >= 11 is 0. The van der Waals surface area contributed by atoms with Crippen LogP contribution in [0.3, 0.4) is 0 Å². The summed E-state index contributed by atoms with van der Waals surface area (Å²) in [6.07, 6.45) is 2.75. The van der Waals surface area contributed by atoms with Gasteiger partial charge in [0.25, 0.3) is 5.56 Å². The number of H-pyrrole nitrogens is 1. The zero-order valence-electron chi connectivity index (χ0n) is 13.1. The van der Waals surface area contributed by atoms with Gasteiger partial charge in [-0.1, -0.05) is 36.4 Å². The molecule has 2 aromatic heterocycles. The SMILES string of the molecule is CCc1ccc(-n2cc(-c3nc4ccccc4c(=O)[nH]3)nn2)cc1. The first-order chi connectivity index (χ1) is 11.7. The Bertz CT molecular complexity index is 1060. The van der Waals surface area contributed by atoms with Crippen LogP contribution < -0.4 is 5.56 Å². The summed E-state index contributed by atoms with van der Waals surface area (Å²) in [6.45, 7) is 2.12. The molecular formula is C18H15N5O. The maximum Gasteiger partial charge on any atom is 0.259 e. The second-order valence-electron chi connectivity index (χ2n) is 5.50. The van der Waals surface area contributed by atoms with Gasteiger partial charge < -0.3 is 4.98 Å². The molecule has 4 aromatic rings. The number of rotatable bonds is 3. The molecule has 118 valence electrons. The van der Waals surface area contributed by atoms with E-state index in [0.717, 1.165) is 12.1 Å². The van der Waals surface area contributed by atoms with Gasteiger partial charge in [-0.3, -0.25) is 4.79 Å². The highest BCUT2D eigenvalue weighted by Gasteiger charge is 2.10. The van der Waals surface area contributed by atoms with E-state index >= 15 is 0 Å². The fraction of sp³-hybridized carbons (Fsp3) is 0.111. The van der Waals surface area contributed by atoms with Crippen molar-refractivity contribution < 1.29 is 0 Å². The molecule has 0 saturated carbocycles. The lowest BCUT2D eigenvalue weighted by Gasteiger charge is -2.01. The monoisotopic (exact) mass is 317 g/mol. The number of hydrogen-bond donors (Lipinski definition) is 1. The third kappa shape index (κ3) is 2.48. The number of benzene rings is 2. The largest absolute Gasteiger partial charge is 0.305 e. The topological polar surface area (TPSA) is 76.5 Å². The summed E-state index contributed by atoms with van der Waals surface area (Å²) in [6, 6.07) is 15.3. The third-order valence-electron chi connectivity index (χ3n) is 3.96. The van der Waals surface area contributed by atoms with Gasteiger partial charge in [0, 0.05) is 0 Å². The fourth-order valence-corrected chi connectivity index (χ4v) is 2.59. The van der Waals surface area contributed by atoms with Gasteiger partial charge in [0.2, 0.25) is 0 Å². The molecule has 0 saturated heterocycles. The molecule has 1 N–H and O–H groups in total. The van der Waals surface area contributed by atoms with E-state index in [1.807, 2.05) is 30.3 Å². The Kier molecular flexibility index (Phi) is 3.42. The Morgan fingerprint density at radius 1 is 1.08 bits per heavy atom. The average molecular weight is 317 g/mol. The van der Waals surface area contributed by atoms with E-state index in [0.29, 0.717) is 22.4 Å². The molecule has 0 atom stereocenters. The first kappa shape index (κ1) is 14.3. The van der Waals surface area contributed by atoms with Crippen molar-refractivity contribution in [3.63, 3.8) is 0 Å². The van der Waals surface area contributed by atoms with E-state index in [1.165, 1.54) is 5.56 Å². The van der Waals surface area contributed by atoms with Crippen molar-refractivity contribution >= 4 is 10.9 Å². The Hall–Kier alpha value is -3.28. The quantitative estimate of drug-likeness (QED) is 0.630. The normalized spacial score (nSPS) is 11.0. The summed E-state index contributed by atoms with van der Waals surface area (Å²) < 4.78 is 1.67. The molecule has 6 nitrogen and oxygen atoms in total. The van der Waals surface area contributed by atoms with Crippen LogP contribution in [0.4, 0.5) is 0 Å². The van der Waals surface area contributed by atoms with Crippen LogP contribution >= 0.6 is 0 Å². The van der Waals surface area contributed by atoms with Gasteiger partial charge in [-0.15, -0.1) is 5.10 Å². The number of aryl methyl sites for hydroxylation is 1. The summed E-state index contributed by atoms with van der Waals surface area (Å²) in [7, 11) is 0. The maximum atomic E-state index is 12.2. The van der Waals surface area contributed by atoms with Crippen molar-refractivity contribution in [2.24, 2.45) is 0 Å². The molecule has 0 unspecified atom stereocenters. The molecule has 24 heavy (non-hydrogen) atoms. The number of para-hydroxylation sites is 1. The first-order valence-corrected chi connectivity index (χ1v) is 7.75. The lowest BCUT2D eigenvalue weighted by atomic mass is 10.1. The fourth-order valence-electron chi connectivity index (χ4n) is 2.59. The molecular weight excluding hydrogens is 302 g/mol. The van der Waals surface area contributed by atoms with Crippen molar-refractivity contribution in [2.75, 3.05) is 0 Å². The van der Waals surface area contributed by atoms with Gasteiger partial charge in [0.05, 0.1) is 22.8 Å². The van der Waals surface area contributed by atoms with Crippen LogP contribution in [-0.4, -0.2) is 25.0 Å². The van der Waals surface area contributed by atoms with Crippen LogP contribution in [-0.2, 0) is 6.42 Å². The molecule has 0 aliphatic carbocycles. The number of hydrogen-bond acceptors (Lipinski definition) is 4. The van der Waals surface area contributed by atoms with Crippen LogP contribution in [0.2, 0.25) is 0 Å². The molecule has 0 radical (unpaired) electrons. The first-order valence-electron chi connectivity index (χ1n) is 7.75.